The molecule has 3 heterocycles. The van der Waals surface area contributed by atoms with E-state index < -0.39 is 0 Å². The maximum absolute atomic E-state index is 5.24. The van der Waals surface area contributed by atoms with Gasteiger partial charge in [-0.05, 0) is 37.0 Å². The zero-order chi connectivity index (χ0) is 16.5. The van der Waals surface area contributed by atoms with Gasteiger partial charge in [0.2, 0.25) is 0 Å². The van der Waals surface area contributed by atoms with Gasteiger partial charge in [0.05, 0.1) is 18.7 Å². The predicted octanol–water partition coefficient (Wildman–Crippen LogP) is 2.58. The van der Waals surface area contributed by atoms with Crippen LogP contribution in [0.2, 0.25) is 0 Å². The first-order valence-electron chi connectivity index (χ1n) is 8.28. The molecule has 1 saturated heterocycles. The van der Waals surface area contributed by atoms with Crippen molar-refractivity contribution in [2.75, 3.05) is 18.6 Å². The topological polar surface area (TPSA) is 56.1 Å². The first kappa shape index (κ1) is 14.9. The Morgan fingerprint density at radius 2 is 2.04 bits per heavy atom. The molecule has 124 valence electrons. The van der Waals surface area contributed by atoms with Gasteiger partial charge >= 0.3 is 0 Å². The summed E-state index contributed by atoms with van der Waals surface area (Å²) in [7, 11) is 3.61. The quantitative estimate of drug-likeness (QED) is 0.738. The molecule has 0 aliphatic carbocycles. The van der Waals surface area contributed by atoms with Gasteiger partial charge in [-0.2, -0.15) is 5.10 Å². The van der Waals surface area contributed by atoms with E-state index in [1.807, 2.05) is 25.4 Å². The predicted molar refractivity (Wildman–Crippen MR) is 93.4 cm³/mol. The summed E-state index contributed by atoms with van der Waals surface area (Å²) in [5.74, 6) is 1.90. The van der Waals surface area contributed by atoms with Crippen molar-refractivity contribution in [1.82, 2.24) is 19.7 Å². The van der Waals surface area contributed by atoms with E-state index in [1.54, 1.807) is 18.1 Å². The van der Waals surface area contributed by atoms with Crippen LogP contribution in [0.1, 0.15) is 18.4 Å². The van der Waals surface area contributed by atoms with Crippen LogP contribution in [0.15, 0.2) is 36.8 Å². The minimum Gasteiger partial charge on any atom is -0.497 e. The molecule has 4 rings (SSSR count). The maximum atomic E-state index is 5.24. The number of benzene rings is 1. The number of nitrogens with zero attached hydrogens (tertiary/aromatic N) is 5. The molecule has 0 spiro atoms. The minimum atomic E-state index is 0.455. The van der Waals surface area contributed by atoms with Crippen LogP contribution in [-0.2, 0) is 13.5 Å². The number of fused-ring (bicyclic) bond motifs is 1. The first-order valence-corrected chi connectivity index (χ1v) is 8.28. The van der Waals surface area contributed by atoms with Gasteiger partial charge in [0.1, 0.15) is 17.9 Å². The Morgan fingerprint density at radius 3 is 2.83 bits per heavy atom. The van der Waals surface area contributed by atoms with Crippen LogP contribution in [0.4, 0.5) is 5.82 Å². The van der Waals surface area contributed by atoms with E-state index in [-0.39, 0.29) is 0 Å². The second-order valence-electron chi connectivity index (χ2n) is 6.24. The fraction of sp³-hybridized carbons (Fsp3) is 0.389. The van der Waals surface area contributed by atoms with E-state index in [1.165, 1.54) is 18.4 Å². The number of rotatable bonds is 4. The number of methoxy groups -OCH3 is 1. The Kier molecular flexibility index (Phi) is 3.80. The lowest BCUT2D eigenvalue weighted by Gasteiger charge is -2.26. The van der Waals surface area contributed by atoms with Crippen molar-refractivity contribution >= 4 is 16.9 Å². The lowest BCUT2D eigenvalue weighted by atomic mass is 10.0. The van der Waals surface area contributed by atoms with E-state index >= 15 is 0 Å². The third-order valence-electron chi connectivity index (χ3n) is 4.79. The third-order valence-corrected chi connectivity index (χ3v) is 4.79. The van der Waals surface area contributed by atoms with Crippen molar-refractivity contribution in [3.8, 4) is 5.75 Å². The maximum Gasteiger partial charge on any atom is 0.163 e. The van der Waals surface area contributed by atoms with E-state index in [2.05, 4.69) is 32.1 Å². The number of anilines is 1. The molecule has 2 aromatic heterocycles. The fourth-order valence-corrected chi connectivity index (χ4v) is 3.54. The highest BCUT2D eigenvalue weighted by Crippen LogP contribution is 2.30. The van der Waals surface area contributed by atoms with Gasteiger partial charge in [0.25, 0.3) is 0 Å². The van der Waals surface area contributed by atoms with Crippen LogP contribution in [0.25, 0.3) is 11.0 Å². The van der Waals surface area contributed by atoms with Gasteiger partial charge < -0.3 is 9.64 Å². The van der Waals surface area contributed by atoms with Crippen LogP contribution in [0.3, 0.4) is 0 Å². The molecule has 0 bridgehead atoms. The van der Waals surface area contributed by atoms with Crippen LogP contribution in [0.5, 0.6) is 5.75 Å². The molecule has 1 fully saturated rings. The van der Waals surface area contributed by atoms with Crippen molar-refractivity contribution < 1.29 is 4.74 Å². The van der Waals surface area contributed by atoms with Crippen LogP contribution in [0, 0.1) is 0 Å². The average Bonchev–Trinajstić information content (AvgIpc) is 3.23. The molecule has 1 aromatic carbocycles. The molecule has 1 aliphatic rings. The van der Waals surface area contributed by atoms with Gasteiger partial charge in [0, 0.05) is 19.6 Å². The second-order valence-corrected chi connectivity index (χ2v) is 6.24. The smallest absolute Gasteiger partial charge is 0.163 e. The summed E-state index contributed by atoms with van der Waals surface area (Å²) < 4.78 is 7.04. The van der Waals surface area contributed by atoms with Gasteiger partial charge in [-0.15, -0.1) is 0 Å². The number of aryl methyl sites for hydroxylation is 1. The Labute approximate surface area is 141 Å². The molecule has 0 amide bonds. The normalized spacial score (nSPS) is 17.6. The zero-order valence-corrected chi connectivity index (χ0v) is 14.0. The highest BCUT2D eigenvalue weighted by atomic mass is 16.5. The summed E-state index contributed by atoms with van der Waals surface area (Å²) in [6.07, 6.45) is 6.88. The van der Waals surface area contributed by atoms with Crippen molar-refractivity contribution in [2.45, 2.75) is 25.3 Å². The summed E-state index contributed by atoms with van der Waals surface area (Å²) in [6, 6.07) is 8.80. The Hall–Kier alpha value is -2.63. The molecule has 0 N–H and O–H groups in total. The van der Waals surface area contributed by atoms with Crippen LogP contribution < -0.4 is 9.64 Å². The summed E-state index contributed by atoms with van der Waals surface area (Å²) in [5.41, 5.74) is 2.21. The lowest BCUT2D eigenvalue weighted by molar-refractivity contribution is 0.414. The molecule has 6 nitrogen and oxygen atoms in total. The number of aromatic nitrogens is 4. The summed E-state index contributed by atoms with van der Waals surface area (Å²) in [5, 5.41) is 5.36. The van der Waals surface area contributed by atoms with Gasteiger partial charge in [-0.25, -0.2) is 9.97 Å². The van der Waals surface area contributed by atoms with Gasteiger partial charge in [-0.3, -0.25) is 4.68 Å². The highest BCUT2D eigenvalue weighted by Gasteiger charge is 2.27. The average molecular weight is 323 g/mol. The number of ether oxygens (including phenoxy) is 1. The van der Waals surface area contributed by atoms with Gasteiger partial charge in [-0.1, -0.05) is 12.1 Å². The third kappa shape index (κ3) is 2.58. The fourth-order valence-electron chi connectivity index (χ4n) is 3.54. The van der Waals surface area contributed by atoms with Crippen molar-refractivity contribution in [2.24, 2.45) is 7.05 Å². The van der Waals surface area contributed by atoms with E-state index in [0.717, 1.165) is 35.6 Å². The largest absolute Gasteiger partial charge is 0.497 e. The summed E-state index contributed by atoms with van der Waals surface area (Å²) in [6.45, 7) is 1.03. The second kappa shape index (κ2) is 6.11. The van der Waals surface area contributed by atoms with Crippen molar-refractivity contribution in [1.29, 1.82) is 0 Å². The monoisotopic (exact) mass is 323 g/mol. The molecule has 1 aliphatic heterocycles. The highest BCUT2D eigenvalue weighted by molar-refractivity contribution is 5.86. The molecular formula is C18H21N5O. The lowest BCUT2D eigenvalue weighted by Crippen LogP contribution is -2.31. The molecule has 6 heteroatoms. The zero-order valence-electron chi connectivity index (χ0n) is 14.0. The minimum absolute atomic E-state index is 0.455. The van der Waals surface area contributed by atoms with Crippen molar-refractivity contribution in [3.63, 3.8) is 0 Å². The molecular weight excluding hydrogens is 302 g/mol. The number of hydrogen-bond donors (Lipinski definition) is 0. The van der Waals surface area contributed by atoms with Crippen LogP contribution in [-0.4, -0.2) is 39.4 Å². The van der Waals surface area contributed by atoms with Crippen molar-refractivity contribution in [3.05, 3.63) is 42.4 Å². The first-order chi connectivity index (χ1) is 11.8. The Balaban J connectivity index is 1.61. The molecule has 1 atom stereocenters. The van der Waals surface area contributed by atoms with Gasteiger partial charge in [0.15, 0.2) is 5.65 Å². The number of hydrogen-bond acceptors (Lipinski definition) is 5. The van der Waals surface area contributed by atoms with E-state index in [4.69, 9.17) is 4.74 Å². The Bertz CT molecular complexity index is 842. The summed E-state index contributed by atoms with van der Waals surface area (Å²) in [4.78, 5) is 11.3. The van der Waals surface area contributed by atoms with E-state index in [0.29, 0.717) is 6.04 Å². The SMILES string of the molecule is COc1ccc(C[C@@H]2CCCN2c2ncnc3c2cnn3C)cc1. The standard InChI is InChI=1S/C18H21N5O/c1-22-17-16(11-21-22)18(20-12-19-17)23-9-3-4-14(23)10-13-5-7-15(24-2)8-6-13/h5-8,11-12,14H,3-4,9-10H2,1-2H3/t14-/m0/s1. The van der Waals surface area contributed by atoms with Crippen LogP contribution >= 0.6 is 0 Å². The molecule has 0 saturated carbocycles. The molecule has 0 unspecified atom stereocenters. The molecule has 3 aromatic rings. The Morgan fingerprint density at radius 1 is 1.21 bits per heavy atom. The molecule has 24 heavy (non-hydrogen) atoms. The molecule has 0 radical (unpaired) electrons. The summed E-state index contributed by atoms with van der Waals surface area (Å²) >= 11 is 0. The van der Waals surface area contributed by atoms with E-state index in [9.17, 15) is 0 Å².